The quantitative estimate of drug-likeness (QED) is 0.513. The summed E-state index contributed by atoms with van der Waals surface area (Å²) in [5.74, 6) is -5.25. The van der Waals surface area contributed by atoms with E-state index in [0.717, 1.165) is 12.3 Å². The molecule has 0 radical (unpaired) electrons. The molecule has 1 heterocycles. The van der Waals surface area contributed by atoms with Crippen molar-refractivity contribution in [1.82, 2.24) is 0 Å². The number of alkyl halides is 3. The summed E-state index contributed by atoms with van der Waals surface area (Å²) in [5, 5.41) is 17.7. The number of carbonyl (C=O) groups is 2. The Morgan fingerprint density at radius 1 is 1.42 bits per heavy atom. The highest BCUT2D eigenvalue weighted by molar-refractivity contribution is 6.10. The Bertz CT molecular complexity index is 564. The van der Waals surface area contributed by atoms with E-state index in [1.165, 1.54) is 12.3 Å². The molecule has 0 fully saturated rings. The predicted octanol–water partition coefficient (Wildman–Crippen LogP) is 1.86. The zero-order chi connectivity index (χ0) is 14.6. The Kier molecular flexibility index (Phi) is 4.11. The highest BCUT2D eigenvalue weighted by atomic mass is 19.4. The molecule has 0 saturated heterocycles. The van der Waals surface area contributed by atoms with Crippen molar-refractivity contribution in [2.45, 2.75) is 12.6 Å². The Labute approximate surface area is 104 Å². The van der Waals surface area contributed by atoms with Crippen LogP contribution in [0, 0.1) is 11.3 Å². The molecule has 1 aromatic rings. The number of nitrogens with zero attached hydrogens (tertiary/aromatic N) is 1. The summed E-state index contributed by atoms with van der Waals surface area (Å²) >= 11 is 0. The number of carbonyl (C=O) groups excluding carboxylic acids is 2. The van der Waals surface area contributed by atoms with Gasteiger partial charge in [-0.15, -0.1) is 0 Å². The number of hydrogen-bond acceptors (Lipinski definition) is 5. The van der Waals surface area contributed by atoms with Gasteiger partial charge in [0.05, 0.1) is 12.5 Å². The van der Waals surface area contributed by atoms with Gasteiger partial charge < -0.3 is 9.52 Å². The third kappa shape index (κ3) is 3.45. The maximum absolute atomic E-state index is 12.1. The third-order valence-electron chi connectivity index (χ3n) is 2.04. The van der Waals surface area contributed by atoms with Crippen molar-refractivity contribution in [3.8, 4) is 6.07 Å². The van der Waals surface area contributed by atoms with E-state index in [4.69, 9.17) is 5.26 Å². The molecule has 0 unspecified atom stereocenters. The van der Waals surface area contributed by atoms with Crippen molar-refractivity contribution >= 4 is 11.6 Å². The minimum absolute atomic E-state index is 0.285. The van der Waals surface area contributed by atoms with Crippen molar-refractivity contribution < 1.29 is 32.3 Å². The fourth-order valence-corrected chi connectivity index (χ4v) is 1.15. The lowest BCUT2D eigenvalue weighted by atomic mass is 10.1. The van der Waals surface area contributed by atoms with E-state index < -0.39 is 35.5 Å². The van der Waals surface area contributed by atoms with Crippen LogP contribution in [0.15, 0.2) is 34.3 Å². The smallest absolute Gasteiger partial charge is 0.455 e. The Hall–Kier alpha value is -2.56. The van der Waals surface area contributed by atoms with Crippen LogP contribution in [0.2, 0.25) is 0 Å². The lowest BCUT2D eigenvalue weighted by Crippen LogP contribution is -2.26. The van der Waals surface area contributed by atoms with Gasteiger partial charge in [-0.3, -0.25) is 9.59 Å². The molecule has 0 aliphatic rings. The lowest BCUT2D eigenvalue weighted by Gasteiger charge is -2.05. The number of ketones is 2. The van der Waals surface area contributed by atoms with Gasteiger partial charge in [0, 0.05) is 6.42 Å². The van der Waals surface area contributed by atoms with Crippen LogP contribution >= 0.6 is 0 Å². The van der Waals surface area contributed by atoms with Gasteiger partial charge in [-0.1, -0.05) is 0 Å². The summed E-state index contributed by atoms with van der Waals surface area (Å²) in [6, 6.07) is 2.23. The van der Waals surface area contributed by atoms with E-state index in [1.54, 1.807) is 0 Å². The first-order chi connectivity index (χ1) is 8.77. The van der Waals surface area contributed by atoms with Crippen LogP contribution in [0.5, 0.6) is 0 Å². The van der Waals surface area contributed by atoms with Gasteiger partial charge in [0.15, 0.2) is 5.76 Å². The Morgan fingerprint density at radius 2 is 2.05 bits per heavy atom. The van der Waals surface area contributed by atoms with Crippen molar-refractivity contribution in [1.29, 1.82) is 5.26 Å². The summed E-state index contributed by atoms with van der Waals surface area (Å²) in [6.07, 6.45) is -3.47. The number of halogens is 3. The number of aliphatic hydroxyl groups is 1. The topological polar surface area (TPSA) is 91.3 Å². The SMILES string of the molecule is N#CC(C(=O)C(F)(F)F)=C(O)C(=O)Cc1ccoc1. The number of nitriles is 1. The first kappa shape index (κ1) is 14.5. The molecule has 100 valence electrons. The minimum atomic E-state index is -5.34. The van der Waals surface area contributed by atoms with Crippen LogP contribution < -0.4 is 0 Å². The van der Waals surface area contributed by atoms with Crippen LogP contribution in [0.4, 0.5) is 13.2 Å². The highest BCUT2D eigenvalue weighted by Crippen LogP contribution is 2.22. The van der Waals surface area contributed by atoms with Gasteiger partial charge in [-0.05, 0) is 11.6 Å². The van der Waals surface area contributed by atoms with Gasteiger partial charge in [0.25, 0.3) is 5.78 Å². The van der Waals surface area contributed by atoms with Gasteiger partial charge in [0.2, 0.25) is 5.78 Å². The van der Waals surface area contributed by atoms with Crippen LogP contribution in [0.3, 0.4) is 0 Å². The van der Waals surface area contributed by atoms with Crippen LogP contribution in [0.1, 0.15) is 5.56 Å². The second-order valence-electron chi connectivity index (χ2n) is 3.39. The van der Waals surface area contributed by atoms with Crippen molar-refractivity contribution in [3.05, 3.63) is 35.5 Å². The van der Waals surface area contributed by atoms with E-state index in [9.17, 15) is 27.9 Å². The molecule has 5 nitrogen and oxygen atoms in total. The molecule has 0 aliphatic heterocycles. The fourth-order valence-electron chi connectivity index (χ4n) is 1.15. The average Bonchev–Trinajstić information content (AvgIpc) is 2.81. The zero-order valence-electron chi connectivity index (χ0n) is 9.19. The molecule has 1 rings (SSSR count). The monoisotopic (exact) mass is 273 g/mol. The molecular formula is C11H6F3NO4. The minimum Gasteiger partial charge on any atom is -0.503 e. The van der Waals surface area contributed by atoms with Crippen molar-refractivity contribution in [3.63, 3.8) is 0 Å². The Balaban J connectivity index is 3.02. The van der Waals surface area contributed by atoms with Gasteiger partial charge in [0.1, 0.15) is 11.6 Å². The average molecular weight is 273 g/mol. The maximum atomic E-state index is 12.1. The molecule has 1 aromatic heterocycles. The number of furan rings is 1. The lowest BCUT2D eigenvalue weighted by molar-refractivity contribution is -0.166. The highest BCUT2D eigenvalue weighted by Gasteiger charge is 2.43. The normalized spacial score (nSPS) is 12.5. The second-order valence-corrected chi connectivity index (χ2v) is 3.39. The van der Waals surface area contributed by atoms with E-state index in [2.05, 4.69) is 4.42 Å². The first-order valence-electron chi connectivity index (χ1n) is 4.76. The zero-order valence-corrected chi connectivity index (χ0v) is 9.19. The van der Waals surface area contributed by atoms with Crippen LogP contribution in [-0.4, -0.2) is 22.8 Å². The van der Waals surface area contributed by atoms with Crippen LogP contribution in [-0.2, 0) is 16.0 Å². The van der Waals surface area contributed by atoms with Crippen molar-refractivity contribution in [2.75, 3.05) is 0 Å². The van der Waals surface area contributed by atoms with Gasteiger partial charge in [-0.25, -0.2) is 0 Å². The summed E-state index contributed by atoms with van der Waals surface area (Å²) in [5.41, 5.74) is -1.34. The van der Waals surface area contributed by atoms with Gasteiger partial charge >= 0.3 is 6.18 Å². The third-order valence-corrected chi connectivity index (χ3v) is 2.04. The van der Waals surface area contributed by atoms with E-state index in [0.29, 0.717) is 0 Å². The molecular weight excluding hydrogens is 267 g/mol. The molecule has 0 aromatic carbocycles. The number of aliphatic hydroxyl groups excluding tert-OH is 1. The summed E-state index contributed by atoms with van der Waals surface area (Å²) < 4.78 is 41.0. The molecule has 0 spiro atoms. The van der Waals surface area contributed by atoms with Gasteiger partial charge in [-0.2, -0.15) is 18.4 Å². The maximum Gasteiger partial charge on any atom is 0.455 e. The largest absolute Gasteiger partial charge is 0.503 e. The van der Waals surface area contributed by atoms with E-state index in [1.807, 2.05) is 0 Å². The second kappa shape index (κ2) is 5.39. The molecule has 8 heteroatoms. The molecule has 0 atom stereocenters. The molecule has 0 saturated carbocycles. The molecule has 0 amide bonds. The number of rotatable bonds is 4. The fraction of sp³-hybridized carbons (Fsp3) is 0.182. The molecule has 0 bridgehead atoms. The number of Topliss-reactive ketones (excluding diaryl/α,β-unsaturated/α-hetero) is 2. The standard InChI is InChI=1S/C11H6F3NO4/c12-11(13,14)10(18)7(4-15)9(17)8(16)3-6-1-2-19-5-6/h1-2,5,17H,3H2. The van der Waals surface area contributed by atoms with E-state index in [-0.39, 0.29) is 5.56 Å². The number of allylic oxidation sites excluding steroid dienone is 2. The van der Waals surface area contributed by atoms with Crippen LogP contribution in [0.25, 0.3) is 0 Å². The Morgan fingerprint density at radius 3 is 2.47 bits per heavy atom. The van der Waals surface area contributed by atoms with E-state index >= 15 is 0 Å². The first-order valence-corrected chi connectivity index (χ1v) is 4.76. The summed E-state index contributed by atoms with van der Waals surface area (Å²) in [6.45, 7) is 0. The molecule has 0 aliphatic carbocycles. The predicted molar refractivity (Wildman–Crippen MR) is 53.7 cm³/mol. The summed E-state index contributed by atoms with van der Waals surface area (Å²) in [7, 11) is 0. The molecule has 1 N–H and O–H groups in total. The number of hydrogen-bond donors (Lipinski definition) is 1. The summed E-state index contributed by atoms with van der Waals surface area (Å²) in [4.78, 5) is 22.2. The van der Waals surface area contributed by atoms with Crippen molar-refractivity contribution in [2.24, 2.45) is 0 Å². The molecule has 19 heavy (non-hydrogen) atoms.